The number of nitrogens with zero attached hydrogens (tertiary/aromatic N) is 5. The van der Waals surface area contributed by atoms with Gasteiger partial charge in [0, 0.05) is 17.1 Å². The molecule has 1 saturated carbocycles. The molecule has 1 atom stereocenters. The zero-order valence-electron chi connectivity index (χ0n) is 10.0. The lowest BCUT2D eigenvalue weighted by atomic mass is 10.2. The van der Waals surface area contributed by atoms with Crippen molar-refractivity contribution >= 4 is 11.8 Å². The third-order valence-corrected chi connectivity index (χ3v) is 3.72. The van der Waals surface area contributed by atoms with Crippen molar-refractivity contribution in [3.05, 3.63) is 24.0 Å². The standard InChI is InChI=1S/C11H14N6S/c1-7(12)10-5-4-9(6-13-10)18-11-14-15-16-17(11)8-2-3-8/h4-8H,2-3,12H2,1H3. The molecule has 18 heavy (non-hydrogen) atoms. The summed E-state index contributed by atoms with van der Waals surface area (Å²) in [5.41, 5.74) is 6.66. The Hall–Kier alpha value is -1.47. The molecule has 0 aromatic carbocycles. The van der Waals surface area contributed by atoms with Crippen LogP contribution in [0.15, 0.2) is 28.4 Å². The first kappa shape index (κ1) is 11.6. The number of hydrogen-bond donors (Lipinski definition) is 1. The Labute approximate surface area is 109 Å². The molecular weight excluding hydrogens is 248 g/mol. The molecule has 2 aromatic heterocycles. The summed E-state index contributed by atoms with van der Waals surface area (Å²) < 4.78 is 1.89. The second-order valence-electron chi connectivity index (χ2n) is 4.45. The number of aromatic nitrogens is 5. The normalized spacial score (nSPS) is 16.8. The van der Waals surface area contributed by atoms with E-state index in [0.717, 1.165) is 15.7 Å². The maximum Gasteiger partial charge on any atom is 0.214 e. The summed E-state index contributed by atoms with van der Waals surface area (Å²) in [6.45, 7) is 1.92. The van der Waals surface area contributed by atoms with Crippen molar-refractivity contribution in [2.45, 2.75) is 41.9 Å². The number of rotatable bonds is 4. The zero-order valence-corrected chi connectivity index (χ0v) is 10.8. The third-order valence-electron chi connectivity index (χ3n) is 2.79. The average Bonchev–Trinajstić information content (AvgIpc) is 3.11. The van der Waals surface area contributed by atoms with Gasteiger partial charge in [0.1, 0.15) is 0 Å². The first-order chi connectivity index (χ1) is 8.74. The smallest absolute Gasteiger partial charge is 0.214 e. The Morgan fingerprint density at radius 3 is 2.89 bits per heavy atom. The topological polar surface area (TPSA) is 82.5 Å². The van der Waals surface area contributed by atoms with E-state index in [0.29, 0.717) is 6.04 Å². The van der Waals surface area contributed by atoms with Gasteiger partial charge in [0.25, 0.3) is 0 Å². The molecule has 0 aliphatic heterocycles. The SMILES string of the molecule is CC(N)c1ccc(Sc2nnnn2C2CC2)cn1. The fraction of sp³-hybridized carbons (Fsp3) is 0.455. The Balaban J connectivity index is 1.77. The van der Waals surface area contributed by atoms with Crippen molar-refractivity contribution in [3.63, 3.8) is 0 Å². The van der Waals surface area contributed by atoms with E-state index in [2.05, 4.69) is 20.5 Å². The Bertz CT molecular complexity index is 531. The molecule has 1 aliphatic rings. The molecule has 7 heteroatoms. The van der Waals surface area contributed by atoms with E-state index in [-0.39, 0.29) is 6.04 Å². The highest BCUT2D eigenvalue weighted by atomic mass is 32.2. The molecule has 3 rings (SSSR count). The van der Waals surface area contributed by atoms with Crippen molar-refractivity contribution in [2.75, 3.05) is 0 Å². The van der Waals surface area contributed by atoms with Crippen molar-refractivity contribution < 1.29 is 0 Å². The lowest BCUT2D eigenvalue weighted by Crippen LogP contribution is -2.06. The monoisotopic (exact) mass is 262 g/mol. The molecule has 0 spiro atoms. The van der Waals surface area contributed by atoms with Crippen molar-refractivity contribution in [2.24, 2.45) is 5.73 Å². The van der Waals surface area contributed by atoms with E-state index < -0.39 is 0 Å². The molecular formula is C11H14N6S. The van der Waals surface area contributed by atoms with Crippen LogP contribution in [0.4, 0.5) is 0 Å². The summed E-state index contributed by atoms with van der Waals surface area (Å²) >= 11 is 1.53. The maximum absolute atomic E-state index is 5.77. The number of nitrogens with two attached hydrogens (primary N) is 1. The fourth-order valence-corrected chi connectivity index (χ4v) is 2.44. The summed E-state index contributed by atoms with van der Waals surface area (Å²) in [5, 5.41) is 12.6. The number of hydrogen-bond acceptors (Lipinski definition) is 6. The predicted molar refractivity (Wildman–Crippen MR) is 67.1 cm³/mol. The molecule has 0 radical (unpaired) electrons. The lowest BCUT2D eigenvalue weighted by molar-refractivity contribution is 0.565. The van der Waals surface area contributed by atoms with Gasteiger partial charge in [-0.25, -0.2) is 4.68 Å². The van der Waals surface area contributed by atoms with Gasteiger partial charge < -0.3 is 5.73 Å². The highest BCUT2D eigenvalue weighted by Crippen LogP contribution is 2.37. The van der Waals surface area contributed by atoms with Crippen LogP contribution in [0.1, 0.15) is 37.5 Å². The fourth-order valence-electron chi connectivity index (χ4n) is 1.63. The minimum absolute atomic E-state index is 0.0409. The van der Waals surface area contributed by atoms with Crippen LogP contribution in [-0.2, 0) is 0 Å². The van der Waals surface area contributed by atoms with Gasteiger partial charge >= 0.3 is 0 Å². The molecule has 6 nitrogen and oxygen atoms in total. The summed E-state index contributed by atoms with van der Waals surface area (Å²) in [5.74, 6) is 0. The van der Waals surface area contributed by atoms with Gasteiger partial charge in [0.15, 0.2) is 0 Å². The summed E-state index contributed by atoms with van der Waals surface area (Å²) in [6.07, 6.45) is 4.15. The Morgan fingerprint density at radius 2 is 2.28 bits per heavy atom. The average molecular weight is 262 g/mol. The lowest BCUT2D eigenvalue weighted by Gasteiger charge is -2.05. The molecule has 0 saturated heterocycles. The van der Waals surface area contributed by atoms with E-state index in [1.165, 1.54) is 24.6 Å². The molecule has 1 aliphatic carbocycles. The third kappa shape index (κ3) is 2.37. The van der Waals surface area contributed by atoms with Crippen LogP contribution in [0.25, 0.3) is 0 Å². The van der Waals surface area contributed by atoms with Gasteiger partial charge in [-0.15, -0.1) is 5.10 Å². The second kappa shape index (κ2) is 4.66. The van der Waals surface area contributed by atoms with Crippen molar-refractivity contribution in [3.8, 4) is 0 Å². The molecule has 2 N–H and O–H groups in total. The van der Waals surface area contributed by atoms with Gasteiger partial charge in [0.05, 0.1) is 11.7 Å². The molecule has 1 fully saturated rings. The highest BCUT2D eigenvalue weighted by Gasteiger charge is 2.28. The Morgan fingerprint density at radius 1 is 1.44 bits per heavy atom. The second-order valence-corrected chi connectivity index (χ2v) is 5.49. The molecule has 2 aromatic rings. The van der Waals surface area contributed by atoms with Crippen LogP contribution in [0.3, 0.4) is 0 Å². The van der Waals surface area contributed by atoms with Crippen LogP contribution in [0.2, 0.25) is 0 Å². The van der Waals surface area contributed by atoms with Gasteiger partial charge in [0.2, 0.25) is 5.16 Å². The van der Waals surface area contributed by atoms with E-state index in [9.17, 15) is 0 Å². The largest absolute Gasteiger partial charge is 0.323 e. The van der Waals surface area contributed by atoms with Crippen LogP contribution in [-0.4, -0.2) is 25.2 Å². The van der Waals surface area contributed by atoms with Crippen LogP contribution in [0, 0.1) is 0 Å². The quantitative estimate of drug-likeness (QED) is 0.900. The maximum atomic E-state index is 5.77. The van der Waals surface area contributed by atoms with Crippen molar-refractivity contribution in [1.82, 2.24) is 25.2 Å². The summed E-state index contributed by atoms with van der Waals surface area (Å²) in [4.78, 5) is 5.35. The molecule has 2 heterocycles. The molecule has 94 valence electrons. The molecule has 0 amide bonds. The van der Waals surface area contributed by atoms with E-state index in [1.54, 1.807) is 0 Å². The first-order valence-corrected chi connectivity index (χ1v) is 6.73. The summed E-state index contributed by atoms with van der Waals surface area (Å²) in [7, 11) is 0. The minimum Gasteiger partial charge on any atom is -0.323 e. The molecule has 0 bridgehead atoms. The van der Waals surface area contributed by atoms with Gasteiger partial charge in [-0.05, 0) is 54.1 Å². The number of pyridine rings is 1. The van der Waals surface area contributed by atoms with Crippen LogP contribution in [0.5, 0.6) is 0 Å². The van der Waals surface area contributed by atoms with Crippen LogP contribution >= 0.6 is 11.8 Å². The van der Waals surface area contributed by atoms with E-state index >= 15 is 0 Å². The molecule has 1 unspecified atom stereocenters. The summed E-state index contributed by atoms with van der Waals surface area (Å²) in [6, 6.07) is 4.39. The highest BCUT2D eigenvalue weighted by molar-refractivity contribution is 7.99. The van der Waals surface area contributed by atoms with Crippen LogP contribution < -0.4 is 5.73 Å². The van der Waals surface area contributed by atoms with Gasteiger partial charge in [-0.1, -0.05) is 0 Å². The Kier molecular flexibility index (Phi) is 3.00. The number of tetrazole rings is 1. The van der Waals surface area contributed by atoms with E-state index in [4.69, 9.17) is 5.73 Å². The van der Waals surface area contributed by atoms with Gasteiger partial charge in [-0.3, -0.25) is 4.98 Å². The zero-order chi connectivity index (χ0) is 12.5. The van der Waals surface area contributed by atoms with Crippen molar-refractivity contribution in [1.29, 1.82) is 0 Å². The first-order valence-electron chi connectivity index (χ1n) is 5.91. The predicted octanol–water partition coefficient (Wildman–Crippen LogP) is 1.57. The van der Waals surface area contributed by atoms with E-state index in [1.807, 2.05) is 29.9 Å². The minimum atomic E-state index is -0.0409. The van der Waals surface area contributed by atoms with Gasteiger partial charge in [-0.2, -0.15) is 0 Å².